The predicted octanol–water partition coefficient (Wildman–Crippen LogP) is 0.635. The van der Waals surface area contributed by atoms with Gasteiger partial charge in [0.15, 0.2) is 6.10 Å². The fourth-order valence-corrected chi connectivity index (χ4v) is 11.6. The number of benzene rings is 2. The number of methoxy groups -OCH3 is 2. The van der Waals surface area contributed by atoms with E-state index in [0.717, 1.165) is 9.80 Å². The number of rotatable bonds is 40. The first-order chi connectivity index (χ1) is 46.1. The van der Waals surface area contributed by atoms with Crippen molar-refractivity contribution in [2.24, 2.45) is 17.8 Å². The summed E-state index contributed by atoms with van der Waals surface area (Å²) >= 11 is 0. The summed E-state index contributed by atoms with van der Waals surface area (Å²) in [5.41, 5.74) is 0.759. The first kappa shape index (κ1) is 80.0. The third-order valence-corrected chi connectivity index (χ3v) is 17.3. The molecule has 3 aliphatic heterocycles. The Morgan fingerprint density at radius 2 is 1.41 bits per heavy atom. The second-order valence-electron chi connectivity index (χ2n) is 24.4. The summed E-state index contributed by atoms with van der Waals surface area (Å²) < 4.78 is 44.9. The highest BCUT2D eigenvalue weighted by Gasteiger charge is 2.49. The number of anilines is 1. The highest BCUT2D eigenvalue weighted by molar-refractivity contribution is 6.12. The van der Waals surface area contributed by atoms with Gasteiger partial charge in [0.25, 0.3) is 11.8 Å². The van der Waals surface area contributed by atoms with Gasteiger partial charge < -0.3 is 94.5 Å². The van der Waals surface area contributed by atoms with E-state index < -0.39 is 146 Å². The van der Waals surface area contributed by atoms with Gasteiger partial charge in [-0.05, 0) is 54.9 Å². The predicted molar refractivity (Wildman–Crippen MR) is 345 cm³/mol. The molecule has 31 nitrogen and oxygen atoms in total. The minimum Gasteiger partial charge on any atom is -0.479 e. The molecule has 0 aliphatic carbocycles. The number of aliphatic hydroxyl groups excluding tert-OH is 4. The highest BCUT2D eigenvalue weighted by atomic mass is 16.7. The smallest absolute Gasteiger partial charge is 0.410 e. The van der Waals surface area contributed by atoms with E-state index in [-0.39, 0.29) is 107 Å². The zero-order valence-electron chi connectivity index (χ0n) is 56.8. The van der Waals surface area contributed by atoms with Gasteiger partial charge in [-0.2, -0.15) is 0 Å². The summed E-state index contributed by atoms with van der Waals surface area (Å²) in [7, 11) is 5.84. The Morgan fingerprint density at radius 3 is 2.03 bits per heavy atom. The number of hydrogen-bond donors (Lipinski definition) is 9. The van der Waals surface area contributed by atoms with E-state index in [9.17, 15) is 73.5 Å². The molecule has 14 atom stereocenters. The molecule has 0 saturated carbocycles. The average Bonchev–Trinajstić information content (AvgIpc) is 1.40. The number of aliphatic hydroxyl groups is 4. The minimum absolute atomic E-state index is 0.0308. The molecule has 0 spiro atoms. The van der Waals surface area contributed by atoms with Crippen molar-refractivity contribution in [3.63, 3.8) is 0 Å². The van der Waals surface area contributed by atoms with E-state index in [1.165, 1.54) is 56.5 Å². The summed E-state index contributed by atoms with van der Waals surface area (Å²) in [6.07, 6.45) is -9.64. The van der Waals surface area contributed by atoms with Crippen molar-refractivity contribution in [3.8, 4) is 5.75 Å². The Labute approximate surface area is 564 Å². The molecule has 5 rings (SSSR count). The van der Waals surface area contributed by atoms with E-state index in [2.05, 4.69) is 21.3 Å². The summed E-state index contributed by atoms with van der Waals surface area (Å²) in [6.45, 7) is 11.0. The van der Waals surface area contributed by atoms with Crippen LogP contribution in [0.2, 0.25) is 0 Å². The Kier molecular flexibility index (Phi) is 32.7. The molecule has 3 heterocycles. The van der Waals surface area contributed by atoms with E-state index in [1.54, 1.807) is 63.9 Å². The molecule has 0 aromatic heterocycles. The van der Waals surface area contributed by atoms with Gasteiger partial charge in [0.05, 0.1) is 107 Å². The SMILES string of the molecule is CC[C@H](C)[C@@H]([C@@H](CC(=O)N1CCC[C@H]1[C@H](OC)[C@@H](C)C(=O)N[C@H](C)[C@@H](O)c1ccccc1)OC)N(C)C(=O)CNC(=O)[C@H](C(C)C)N(C)C(=O)OCc1ccc(O[C@@H]2O[C@H](C(=O)O)[C@@H](O)[C@H](O)[C@H]2O)c(NC(=O)CCNC(=O)CCOCCOCCOCCN2C(=O)C=CC2=O)c1. The second kappa shape index (κ2) is 39.6. The van der Waals surface area contributed by atoms with Gasteiger partial charge in [-0.3, -0.25) is 48.2 Å². The molecular formula is C66H98N8O23. The number of carboxylic acid groups (broad SMARTS) is 1. The van der Waals surface area contributed by atoms with Crippen molar-refractivity contribution in [2.75, 3.05) is 99.5 Å². The zero-order chi connectivity index (χ0) is 71.6. The molecule has 0 bridgehead atoms. The Morgan fingerprint density at radius 1 is 0.763 bits per heavy atom. The van der Waals surface area contributed by atoms with Crippen LogP contribution in [0.3, 0.4) is 0 Å². The number of carbonyl (C=O) groups is 10. The molecule has 9 N–H and O–H groups in total. The Hall–Kier alpha value is -7.72. The largest absolute Gasteiger partial charge is 0.479 e. The maximum Gasteiger partial charge on any atom is 0.410 e. The standard InChI is InChI=1S/C66H98N8O23/c1-11-39(4)55(47(90-9)35-52(79)73-26-15-18-45(73)60(91-10)40(5)62(85)69-41(6)56(81)43-16-13-12-14-17-43)71(7)53(80)36-68-63(86)54(38(2)3)72(8)66(89)95-37-42-19-20-46(96-65-59(84)57(82)58(83)61(97-65)64(87)88)44(34-42)70-49(76)23-25-67-48(75)24-28-92-30-32-94-33-31-93-29-27-74-50(77)21-22-51(74)78/h12-14,16-17,19-22,34,38-41,45,47,54-61,65,81-84H,11,15,18,23-33,35-37H2,1-10H3,(H,67,75)(H,68,86)(H,69,85)(H,70,76)(H,87,88)/t39-,40+,41+,45-,47+,54-,55-,56+,57-,58-,59+,60+,61-,65+/m0/s1. The lowest BCUT2D eigenvalue weighted by Gasteiger charge is -2.39. The van der Waals surface area contributed by atoms with Gasteiger partial charge in [0.2, 0.25) is 41.7 Å². The topological polar surface area (TPSA) is 407 Å². The molecule has 2 aromatic carbocycles. The molecule has 2 fully saturated rings. The number of carbonyl (C=O) groups excluding carboxylic acids is 9. The van der Waals surface area contributed by atoms with Crippen molar-refractivity contribution in [1.29, 1.82) is 0 Å². The molecule has 2 saturated heterocycles. The van der Waals surface area contributed by atoms with Crippen LogP contribution in [0.15, 0.2) is 60.7 Å². The monoisotopic (exact) mass is 1370 g/mol. The van der Waals surface area contributed by atoms with Gasteiger partial charge >= 0.3 is 12.1 Å². The molecule has 3 aliphatic rings. The number of imide groups is 1. The number of ether oxygens (including phenoxy) is 8. The van der Waals surface area contributed by atoms with Crippen molar-refractivity contribution in [3.05, 3.63) is 71.8 Å². The first-order valence-electron chi connectivity index (χ1n) is 32.5. The second-order valence-corrected chi connectivity index (χ2v) is 24.4. The third-order valence-electron chi connectivity index (χ3n) is 17.3. The summed E-state index contributed by atoms with van der Waals surface area (Å²) in [5, 5.41) is 62.8. The van der Waals surface area contributed by atoms with Crippen LogP contribution in [0.25, 0.3) is 0 Å². The van der Waals surface area contributed by atoms with E-state index in [0.29, 0.717) is 31.4 Å². The van der Waals surface area contributed by atoms with Crippen LogP contribution in [0, 0.1) is 17.8 Å². The Bertz CT molecular complexity index is 2960. The van der Waals surface area contributed by atoms with Gasteiger partial charge in [-0.15, -0.1) is 0 Å². The summed E-state index contributed by atoms with van der Waals surface area (Å²) in [6, 6.07) is 10.0. The number of likely N-dealkylation sites (tertiary alicyclic amines) is 1. The van der Waals surface area contributed by atoms with Crippen molar-refractivity contribution >= 4 is 65.0 Å². The van der Waals surface area contributed by atoms with Crippen LogP contribution in [0.1, 0.15) is 97.3 Å². The van der Waals surface area contributed by atoms with Gasteiger partial charge in [-0.25, -0.2) is 9.59 Å². The van der Waals surface area contributed by atoms with Gasteiger partial charge in [0.1, 0.15) is 36.7 Å². The van der Waals surface area contributed by atoms with E-state index in [4.69, 9.17) is 37.9 Å². The quantitative estimate of drug-likeness (QED) is 0.0326. The molecular weight excluding hydrogens is 1270 g/mol. The highest BCUT2D eigenvalue weighted by Crippen LogP contribution is 2.33. The molecule has 540 valence electrons. The molecule has 97 heavy (non-hydrogen) atoms. The first-order valence-corrected chi connectivity index (χ1v) is 32.5. The maximum absolute atomic E-state index is 14.4. The van der Waals surface area contributed by atoms with Crippen molar-refractivity contribution < 1.29 is 111 Å². The lowest BCUT2D eigenvalue weighted by Crippen LogP contribution is -2.61. The fraction of sp³-hybridized carbons (Fsp3) is 0.636. The number of carboxylic acids is 1. The van der Waals surface area contributed by atoms with Crippen LogP contribution < -0.4 is 26.0 Å². The van der Waals surface area contributed by atoms with Crippen LogP contribution >= 0.6 is 0 Å². The molecule has 0 radical (unpaired) electrons. The third kappa shape index (κ3) is 23.2. The minimum atomic E-state index is -2.03. The number of hydrogen-bond acceptors (Lipinski definition) is 22. The maximum atomic E-state index is 14.4. The van der Waals surface area contributed by atoms with E-state index in [1.807, 2.05) is 19.9 Å². The van der Waals surface area contributed by atoms with Crippen LogP contribution in [0.4, 0.5) is 10.5 Å². The van der Waals surface area contributed by atoms with Gasteiger partial charge in [-0.1, -0.05) is 77.4 Å². The number of amides is 9. The fourth-order valence-electron chi connectivity index (χ4n) is 11.6. The summed E-state index contributed by atoms with van der Waals surface area (Å²) in [5.74, 6) is -7.07. The van der Waals surface area contributed by atoms with E-state index >= 15 is 0 Å². The van der Waals surface area contributed by atoms with Crippen LogP contribution in [-0.2, 0) is 82.9 Å². The lowest BCUT2D eigenvalue weighted by molar-refractivity contribution is -0.271. The van der Waals surface area contributed by atoms with Crippen molar-refractivity contribution in [1.82, 2.24) is 35.6 Å². The number of nitrogens with one attached hydrogen (secondary N) is 4. The number of likely N-dealkylation sites (N-methyl/N-ethyl adjacent to an activating group) is 2. The number of nitrogens with zero attached hydrogens (tertiary/aromatic N) is 4. The zero-order valence-corrected chi connectivity index (χ0v) is 56.8. The van der Waals surface area contributed by atoms with Crippen LogP contribution in [0.5, 0.6) is 5.75 Å². The van der Waals surface area contributed by atoms with Crippen LogP contribution in [-0.4, -0.2) is 266 Å². The molecule has 2 aromatic rings. The number of aliphatic carboxylic acids is 1. The Balaban J connectivity index is 1.15. The summed E-state index contributed by atoms with van der Waals surface area (Å²) in [4.78, 5) is 136. The lowest BCUT2D eigenvalue weighted by atomic mass is 9.90. The molecule has 31 heteroatoms. The normalized spacial score (nSPS) is 21.0. The molecule has 0 unspecified atom stereocenters. The van der Waals surface area contributed by atoms with Gasteiger partial charge in [0, 0.05) is 66.4 Å². The average molecular weight is 1370 g/mol. The van der Waals surface area contributed by atoms with Crippen molar-refractivity contribution in [2.45, 2.75) is 160 Å². The molecule has 9 amide bonds.